The van der Waals surface area contributed by atoms with Crippen molar-refractivity contribution in [3.05, 3.63) is 71.6 Å². The van der Waals surface area contributed by atoms with Crippen LogP contribution in [0.4, 0.5) is 4.39 Å². The van der Waals surface area contributed by atoms with E-state index in [0.717, 1.165) is 10.5 Å². The molecule has 0 saturated heterocycles. The molecule has 0 aliphatic carbocycles. The number of hydrogen-bond acceptors (Lipinski definition) is 2. The molecule has 2 aromatic carbocycles. The molecular formula is C16H13FOS. The molecule has 96 valence electrons. The summed E-state index contributed by atoms with van der Waals surface area (Å²) >= 11 is 1.64. The molecule has 0 aliphatic rings. The normalized spacial score (nSPS) is 10.8. The molecule has 2 rings (SSSR count). The lowest BCUT2D eigenvalue weighted by molar-refractivity contribution is 0.104. The van der Waals surface area contributed by atoms with Gasteiger partial charge >= 0.3 is 0 Å². The number of allylic oxidation sites excluding steroid dienone is 1. The highest BCUT2D eigenvalue weighted by Gasteiger charge is 2.01. The average Bonchev–Trinajstić information content (AvgIpc) is 2.46. The molecule has 0 N–H and O–H groups in total. The van der Waals surface area contributed by atoms with Gasteiger partial charge in [0.25, 0.3) is 0 Å². The van der Waals surface area contributed by atoms with E-state index in [9.17, 15) is 9.18 Å². The smallest absolute Gasteiger partial charge is 0.185 e. The van der Waals surface area contributed by atoms with Crippen molar-refractivity contribution in [2.24, 2.45) is 0 Å². The van der Waals surface area contributed by atoms with Crippen LogP contribution in [0.3, 0.4) is 0 Å². The SMILES string of the molecule is CSc1ccc(C(=O)/C=C/c2ccc(F)cc2)cc1. The molecule has 0 spiro atoms. The molecule has 0 amide bonds. The third kappa shape index (κ3) is 3.80. The van der Waals surface area contributed by atoms with Gasteiger partial charge in [-0.2, -0.15) is 0 Å². The van der Waals surface area contributed by atoms with E-state index in [-0.39, 0.29) is 11.6 Å². The summed E-state index contributed by atoms with van der Waals surface area (Å²) in [4.78, 5) is 13.0. The van der Waals surface area contributed by atoms with Gasteiger partial charge in [-0.15, -0.1) is 11.8 Å². The Hall–Kier alpha value is -1.87. The van der Waals surface area contributed by atoms with Crippen molar-refractivity contribution < 1.29 is 9.18 Å². The Morgan fingerprint density at radius 2 is 1.68 bits per heavy atom. The third-order valence-electron chi connectivity index (χ3n) is 2.67. The second-order valence-corrected chi connectivity index (χ2v) is 4.86. The van der Waals surface area contributed by atoms with Gasteiger partial charge in [0.05, 0.1) is 0 Å². The number of thioether (sulfide) groups is 1. The Bertz CT molecular complexity index is 585. The number of carbonyl (C=O) groups excluding carboxylic acids is 1. The second-order valence-electron chi connectivity index (χ2n) is 3.98. The Morgan fingerprint density at radius 3 is 2.26 bits per heavy atom. The summed E-state index contributed by atoms with van der Waals surface area (Å²) in [5.41, 5.74) is 1.45. The fraction of sp³-hybridized carbons (Fsp3) is 0.0625. The largest absolute Gasteiger partial charge is 0.289 e. The van der Waals surface area contributed by atoms with Crippen molar-refractivity contribution in [1.29, 1.82) is 0 Å². The van der Waals surface area contributed by atoms with E-state index in [1.165, 1.54) is 18.2 Å². The van der Waals surface area contributed by atoms with Crippen LogP contribution in [0.15, 0.2) is 59.5 Å². The van der Waals surface area contributed by atoms with Crippen LogP contribution >= 0.6 is 11.8 Å². The molecule has 0 atom stereocenters. The minimum atomic E-state index is -0.281. The molecule has 1 nitrogen and oxygen atoms in total. The van der Waals surface area contributed by atoms with Crippen LogP contribution in [0, 0.1) is 5.82 Å². The first-order chi connectivity index (χ1) is 9.19. The van der Waals surface area contributed by atoms with Crippen molar-refractivity contribution >= 4 is 23.6 Å². The van der Waals surface area contributed by atoms with Gasteiger partial charge in [-0.3, -0.25) is 4.79 Å². The van der Waals surface area contributed by atoms with Gasteiger partial charge in [-0.25, -0.2) is 4.39 Å². The Balaban J connectivity index is 2.09. The Kier molecular flexibility index (Phi) is 4.53. The Morgan fingerprint density at radius 1 is 1.05 bits per heavy atom. The molecule has 0 bridgehead atoms. The first kappa shape index (κ1) is 13.6. The quantitative estimate of drug-likeness (QED) is 0.465. The monoisotopic (exact) mass is 272 g/mol. The van der Waals surface area contributed by atoms with Crippen LogP contribution in [-0.2, 0) is 0 Å². The molecule has 0 fully saturated rings. The van der Waals surface area contributed by atoms with E-state index < -0.39 is 0 Å². The maximum atomic E-state index is 12.7. The number of rotatable bonds is 4. The topological polar surface area (TPSA) is 17.1 Å². The highest BCUT2D eigenvalue weighted by atomic mass is 32.2. The fourth-order valence-corrected chi connectivity index (χ4v) is 2.01. The summed E-state index contributed by atoms with van der Waals surface area (Å²) in [6.07, 6.45) is 5.18. The maximum Gasteiger partial charge on any atom is 0.185 e. The van der Waals surface area contributed by atoms with Crippen LogP contribution in [0.1, 0.15) is 15.9 Å². The summed E-state index contributed by atoms with van der Waals surface area (Å²) in [5.74, 6) is -0.340. The molecule has 0 aromatic heterocycles. The van der Waals surface area contributed by atoms with Crippen LogP contribution in [0.5, 0.6) is 0 Å². The minimum absolute atomic E-state index is 0.0584. The summed E-state index contributed by atoms with van der Waals surface area (Å²) < 4.78 is 12.7. The molecule has 2 aromatic rings. The van der Waals surface area contributed by atoms with E-state index >= 15 is 0 Å². The van der Waals surface area contributed by atoms with Crippen molar-refractivity contribution in [3.8, 4) is 0 Å². The number of ketones is 1. The number of carbonyl (C=O) groups is 1. The number of halogens is 1. The second kappa shape index (κ2) is 6.34. The first-order valence-electron chi connectivity index (χ1n) is 5.81. The highest BCUT2D eigenvalue weighted by molar-refractivity contribution is 7.98. The predicted octanol–water partition coefficient (Wildman–Crippen LogP) is 4.44. The van der Waals surface area contributed by atoms with Gasteiger partial charge in [0.1, 0.15) is 5.82 Å². The average molecular weight is 272 g/mol. The van der Waals surface area contributed by atoms with Gasteiger partial charge in [0.15, 0.2) is 5.78 Å². The molecule has 0 unspecified atom stereocenters. The van der Waals surface area contributed by atoms with E-state index in [1.54, 1.807) is 30.0 Å². The van der Waals surface area contributed by atoms with Gasteiger partial charge in [-0.05, 0) is 54.3 Å². The van der Waals surface area contributed by atoms with Gasteiger partial charge in [0.2, 0.25) is 0 Å². The zero-order valence-electron chi connectivity index (χ0n) is 10.5. The van der Waals surface area contributed by atoms with Crippen LogP contribution in [-0.4, -0.2) is 12.0 Å². The predicted molar refractivity (Wildman–Crippen MR) is 78.0 cm³/mol. The standard InChI is InChI=1S/C16H13FOS/c1-19-15-9-5-13(6-10-15)16(18)11-4-12-2-7-14(17)8-3-12/h2-11H,1H3/b11-4+. The van der Waals surface area contributed by atoms with Crippen molar-refractivity contribution in [2.75, 3.05) is 6.26 Å². The number of hydrogen-bond donors (Lipinski definition) is 0. The number of benzene rings is 2. The van der Waals surface area contributed by atoms with Crippen LogP contribution in [0.2, 0.25) is 0 Å². The summed E-state index contributed by atoms with van der Waals surface area (Å²) in [6.45, 7) is 0. The van der Waals surface area contributed by atoms with Crippen LogP contribution in [0.25, 0.3) is 6.08 Å². The van der Waals surface area contributed by atoms with E-state index in [2.05, 4.69) is 0 Å². The third-order valence-corrected chi connectivity index (χ3v) is 3.42. The minimum Gasteiger partial charge on any atom is -0.289 e. The van der Waals surface area contributed by atoms with Gasteiger partial charge in [-0.1, -0.05) is 18.2 Å². The zero-order valence-corrected chi connectivity index (χ0v) is 11.3. The summed E-state index contributed by atoms with van der Waals surface area (Å²) in [5, 5.41) is 0. The van der Waals surface area contributed by atoms with E-state index in [0.29, 0.717) is 5.56 Å². The van der Waals surface area contributed by atoms with Crippen LogP contribution < -0.4 is 0 Å². The molecule has 19 heavy (non-hydrogen) atoms. The lowest BCUT2D eigenvalue weighted by atomic mass is 10.1. The van der Waals surface area contributed by atoms with E-state index in [4.69, 9.17) is 0 Å². The fourth-order valence-electron chi connectivity index (χ4n) is 1.60. The van der Waals surface area contributed by atoms with Crippen molar-refractivity contribution in [2.45, 2.75) is 4.90 Å². The van der Waals surface area contributed by atoms with Crippen molar-refractivity contribution in [3.63, 3.8) is 0 Å². The van der Waals surface area contributed by atoms with Gasteiger partial charge < -0.3 is 0 Å². The lowest BCUT2D eigenvalue weighted by Crippen LogP contribution is -1.93. The Labute approximate surface area is 116 Å². The van der Waals surface area contributed by atoms with Gasteiger partial charge in [0, 0.05) is 10.5 Å². The molecule has 0 heterocycles. The molecule has 0 radical (unpaired) electrons. The maximum absolute atomic E-state index is 12.7. The van der Waals surface area contributed by atoms with Crippen molar-refractivity contribution in [1.82, 2.24) is 0 Å². The first-order valence-corrected chi connectivity index (χ1v) is 7.03. The molecule has 3 heteroatoms. The zero-order chi connectivity index (χ0) is 13.7. The summed E-state index contributed by atoms with van der Waals surface area (Å²) in [7, 11) is 0. The highest BCUT2D eigenvalue weighted by Crippen LogP contribution is 2.15. The summed E-state index contributed by atoms with van der Waals surface area (Å²) in [6, 6.07) is 13.5. The molecular weight excluding hydrogens is 259 g/mol. The molecule has 0 aliphatic heterocycles. The molecule has 0 saturated carbocycles. The van der Waals surface area contributed by atoms with E-state index in [1.807, 2.05) is 30.5 Å². The lowest BCUT2D eigenvalue weighted by Gasteiger charge is -1.98.